The minimum atomic E-state index is -3.66. The minimum Gasteiger partial charge on any atom is -0.494 e. The van der Waals surface area contributed by atoms with Gasteiger partial charge in [-0.25, -0.2) is 8.42 Å². The van der Waals surface area contributed by atoms with Crippen LogP contribution in [0.1, 0.15) is 19.4 Å². The first-order valence-electron chi connectivity index (χ1n) is 7.42. The third-order valence-electron chi connectivity index (χ3n) is 3.45. The van der Waals surface area contributed by atoms with Gasteiger partial charge in [0, 0.05) is 11.6 Å². The molecule has 0 heterocycles. The van der Waals surface area contributed by atoms with E-state index in [1.807, 2.05) is 19.9 Å². The van der Waals surface area contributed by atoms with Gasteiger partial charge in [0.2, 0.25) is 0 Å². The first-order chi connectivity index (χ1) is 10.9. The lowest BCUT2D eigenvalue weighted by Crippen LogP contribution is -2.31. The number of nitrogens with zero attached hydrogens (tertiary/aromatic N) is 1. The van der Waals surface area contributed by atoms with E-state index in [0.717, 1.165) is 5.56 Å². The van der Waals surface area contributed by atoms with Crippen molar-refractivity contribution in [3.8, 4) is 5.75 Å². The average molecular weight is 354 g/mol. The van der Waals surface area contributed by atoms with Gasteiger partial charge < -0.3 is 4.74 Å². The quantitative estimate of drug-likeness (QED) is 0.779. The molecule has 0 atom stereocenters. The van der Waals surface area contributed by atoms with Crippen LogP contribution in [0.5, 0.6) is 5.75 Å². The van der Waals surface area contributed by atoms with E-state index in [2.05, 4.69) is 0 Å². The largest absolute Gasteiger partial charge is 0.494 e. The highest BCUT2D eigenvalue weighted by Gasteiger charge is 2.25. The normalized spacial score (nSPS) is 11.3. The van der Waals surface area contributed by atoms with E-state index < -0.39 is 10.0 Å². The van der Waals surface area contributed by atoms with Crippen LogP contribution in [0.3, 0.4) is 0 Å². The monoisotopic (exact) mass is 353 g/mol. The summed E-state index contributed by atoms with van der Waals surface area (Å²) in [6.45, 7) is 6.39. The summed E-state index contributed by atoms with van der Waals surface area (Å²) >= 11 is 6.03. The van der Waals surface area contributed by atoms with Crippen LogP contribution in [-0.4, -0.2) is 21.6 Å². The van der Waals surface area contributed by atoms with Crippen molar-refractivity contribution in [2.45, 2.75) is 25.7 Å². The van der Waals surface area contributed by atoms with E-state index in [1.54, 1.807) is 43.3 Å². The van der Waals surface area contributed by atoms with Crippen molar-refractivity contribution in [2.24, 2.45) is 0 Å². The molecule has 4 nitrogen and oxygen atoms in total. The maximum Gasteiger partial charge on any atom is 0.264 e. The van der Waals surface area contributed by atoms with Crippen molar-refractivity contribution in [2.75, 3.05) is 17.5 Å². The Hall–Kier alpha value is -1.72. The second kappa shape index (κ2) is 7.23. The van der Waals surface area contributed by atoms with E-state index in [1.165, 1.54) is 4.31 Å². The number of rotatable bonds is 6. The molecule has 0 saturated carbocycles. The topological polar surface area (TPSA) is 46.6 Å². The molecule has 0 unspecified atom stereocenters. The third-order valence-corrected chi connectivity index (χ3v) is 5.59. The predicted octanol–water partition coefficient (Wildman–Crippen LogP) is 4.26. The molecule has 0 aliphatic carbocycles. The SMILES string of the molecule is CCOc1ccc(S(=O)(=O)N(CC)c2cc(Cl)ccc2C)cc1. The number of aryl methyl sites for hydroxylation is 1. The van der Waals surface area contributed by atoms with Crippen LogP contribution < -0.4 is 9.04 Å². The smallest absolute Gasteiger partial charge is 0.264 e. The maximum atomic E-state index is 12.9. The zero-order chi connectivity index (χ0) is 17.0. The van der Waals surface area contributed by atoms with Gasteiger partial charge in [0.15, 0.2) is 0 Å². The summed E-state index contributed by atoms with van der Waals surface area (Å²) < 4.78 is 32.6. The number of benzene rings is 2. The molecule has 124 valence electrons. The summed E-state index contributed by atoms with van der Waals surface area (Å²) in [5, 5.41) is 0.506. The summed E-state index contributed by atoms with van der Waals surface area (Å²) in [5.74, 6) is 0.647. The van der Waals surface area contributed by atoms with Crippen molar-refractivity contribution in [1.29, 1.82) is 0 Å². The molecule has 2 rings (SSSR count). The van der Waals surface area contributed by atoms with Crippen LogP contribution in [0.2, 0.25) is 5.02 Å². The Bertz CT molecular complexity index is 773. The van der Waals surface area contributed by atoms with Crippen molar-refractivity contribution in [1.82, 2.24) is 0 Å². The molecule has 2 aromatic carbocycles. The Morgan fingerprint density at radius 3 is 2.30 bits per heavy atom. The molecule has 0 spiro atoms. The number of hydrogen-bond acceptors (Lipinski definition) is 3. The van der Waals surface area contributed by atoms with Gasteiger partial charge in [0.1, 0.15) is 5.75 Å². The lowest BCUT2D eigenvalue weighted by atomic mass is 10.2. The van der Waals surface area contributed by atoms with Crippen molar-refractivity contribution in [3.05, 3.63) is 53.1 Å². The molecule has 0 N–H and O–H groups in total. The van der Waals surface area contributed by atoms with Gasteiger partial charge in [-0.1, -0.05) is 17.7 Å². The van der Waals surface area contributed by atoms with Crippen LogP contribution >= 0.6 is 11.6 Å². The molecular weight excluding hydrogens is 334 g/mol. The lowest BCUT2D eigenvalue weighted by Gasteiger charge is -2.25. The molecule has 6 heteroatoms. The first kappa shape index (κ1) is 17.6. The lowest BCUT2D eigenvalue weighted by molar-refractivity contribution is 0.340. The molecule has 0 aliphatic heterocycles. The third kappa shape index (κ3) is 3.79. The summed E-state index contributed by atoms with van der Waals surface area (Å²) in [4.78, 5) is 0.224. The van der Waals surface area contributed by atoms with Crippen LogP contribution in [0.4, 0.5) is 5.69 Å². The van der Waals surface area contributed by atoms with E-state index >= 15 is 0 Å². The van der Waals surface area contributed by atoms with Crippen molar-refractivity contribution < 1.29 is 13.2 Å². The van der Waals surface area contributed by atoms with Gasteiger partial charge in [-0.2, -0.15) is 0 Å². The Labute approximate surface area is 142 Å². The molecule has 0 bridgehead atoms. The maximum absolute atomic E-state index is 12.9. The first-order valence-corrected chi connectivity index (χ1v) is 9.23. The standard InChI is InChI=1S/C17H20ClNO3S/c1-4-19(17-12-14(18)7-6-13(17)3)23(20,21)16-10-8-15(9-11-16)22-5-2/h6-12H,4-5H2,1-3H3. The highest BCUT2D eigenvalue weighted by atomic mass is 35.5. The summed E-state index contributed by atoms with van der Waals surface area (Å²) in [7, 11) is -3.66. The van der Waals surface area contributed by atoms with E-state index in [4.69, 9.17) is 16.3 Å². The molecule has 0 fully saturated rings. The van der Waals surface area contributed by atoms with Crippen molar-refractivity contribution in [3.63, 3.8) is 0 Å². The number of ether oxygens (including phenoxy) is 1. The van der Waals surface area contributed by atoms with E-state index in [9.17, 15) is 8.42 Å². The summed E-state index contributed by atoms with van der Waals surface area (Å²) in [6, 6.07) is 11.7. The number of halogens is 1. The van der Waals surface area contributed by atoms with Crippen LogP contribution in [0, 0.1) is 6.92 Å². The van der Waals surface area contributed by atoms with Gasteiger partial charge in [0.05, 0.1) is 17.2 Å². The van der Waals surface area contributed by atoms with Crippen LogP contribution in [0.15, 0.2) is 47.4 Å². The Kier molecular flexibility index (Phi) is 5.55. The molecule has 0 amide bonds. The Morgan fingerprint density at radius 1 is 1.09 bits per heavy atom. The van der Waals surface area contributed by atoms with Gasteiger partial charge in [-0.15, -0.1) is 0 Å². The fourth-order valence-electron chi connectivity index (χ4n) is 2.32. The molecule has 0 saturated heterocycles. The highest BCUT2D eigenvalue weighted by Crippen LogP contribution is 2.29. The van der Waals surface area contributed by atoms with Crippen LogP contribution in [-0.2, 0) is 10.0 Å². The molecule has 23 heavy (non-hydrogen) atoms. The molecule has 0 aliphatic rings. The Balaban J connectivity index is 2.44. The Morgan fingerprint density at radius 2 is 1.74 bits per heavy atom. The van der Waals surface area contributed by atoms with Gasteiger partial charge in [-0.3, -0.25) is 4.31 Å². The zero-order valence-electron chi connectivity index (χ0n) is 13.4. The number of hydrogen-bond donors (Lipinski definition) is 0. The predicted molar refractivity (Wildman–Crippen MR) is 94.0 cm³/mol. The van der Waals surface area contributed by atoms with Gasteiger partial charge in [-0.05, 0) is 62.7 Å². The second-order valence-electron chi connectivity index (χ2n) is 5.01. The molecule has 2 aromatic rings. The van der Waals surface area contributed by atoms with Gasteiger partial charge in [0.25, 0.3) is 10.0 Å². The molecular formula is C17H20ClNO3S. The fraction of sp³-hybridized carbons (Fsp3) is 0.294. The zero-order valence-corrected chi connectivity index (χ0v) is 15.0. The summed E-state index contributed by atoms with van der Waals surface area (Å²) in [6.07, 6.45) is 0. The van der Waals surface area contributed by atoms with Crippen molar-refractivity contribution >= 4 is 27.3 Å². The fourth-order valence-corrected chi connectivity index (χ4v) is 4.02. The number of sulfonamides is 1. The second-order valence-corrected chi connectivity index (χ2v) is 7.30. The number of anilines is 1. The minimum absolute atomic E-state index is 0.224. The molecule has 0 radical (unpaired) electrons. The average Bonchev–Trinajstić information content (AvgIpc) is 2.52. The van der Waals surface area contributed by atoms with E-state index in [-0.39, 0.29) is 4.90 Å². The van der Waals surface area contributed by atoms with E-state index in [0.29, 0.717) is 29.6 Å². The summed E-state index contributed by atoms with van der Waals surface area (Å²) in [5.41, 5.74) is 1.44. The van der Waals surface area contributed by atoms with Gasteiger partial charge >= 0.3 is 0 Å². The highest BCUT2D eigenvalue weighted by molar-refractivity contribution is 7.92. The molecule has 0 aromatic heterocycles. The van der Waals surface area contributed by atoms with Crippen LogP contribution in [0.25, 0.3) is 0 Å².